The summed E-state index contributed by atoms with van der Waals surface area (Å²) in [5, 5.41) is 3.38. The molecule has 1 aliphatic heterocycles. The number of nitrogens with one attached hydrogen (secondary N) is 1. The van der Waals surface area contributed by atoms with E-state index in [-0.39, 0.29) is 10.9 Å². The molecular formula is C11H14ClNO2S. The van der Waals surface area contributed by atoms with Crippen molar-refractivity contribution in [2.24, 2.45) is 0 Å². The van der Waals surface area contributed by atoms with Crippen LogP contribution in [0.25, 0.3) is 0 Å². The van der Waals surface area contributed by atoms with Crippen molar-refractivity contribution in [3.8, 4) is 0 Å². The second-order valence-corrected chi connectivity index (χ2v) is 6.58. The molecule has 1 aromatic rings. The van der Waals surface area contributed by atoms with E-state index in [4.69, 9.17) is 10.7 Å². The molecule has 0 aliphatic carbocycles. The molecule has 1 aromatic carbocycles. The van der Waals surface area contributed by atoms with Crippen LogP contribution in [0.4, 0.5) is 0 Å². The highest BCUT2D eigenvalue weighted by atomic mass is 35.7. The van der Waals surface area contributed by atoms with Gasteiger partial charge in [0.05, 0.1) is 4.90 Å². The predicted molar refractivity (Wildman–Crippen MR) is 64.1 cm³/mol. The minimum absolute atomic E-state index is 0.180. The van der Waals surface area contributed by atoms with E-state index in [0.717, 1.165) is 18.5 Å². The lowest BCUT2D eigenvalue weighted by Crippen LogP contribution is -2.26. The van der Waals surface area contributed by atoms with Crippen molar-refractivity contribution in [3.63, 3.8) is 0 Å². The molecule has 1 unspecified atom stereocenters. The molecule has 3 nitrogen and oxygen atoms in total. The van der Waals surface area contributed by atoms with Crippen LogP contribution in [-0.4, -0.2) is 15.0 Å². The summed E-state index contributed by atoms with van der Waals surface area (Å²) in [6, 6.07) is 7.11. The predicted octanol–water partition coefficient (Wildman–Crippen LogP) is 2.43. The van der Waals surface area contributed by atoms with Crippen molar-refractivity contribution < 1.29 is 8.42 Å². The van der Waals surface area contributed by atoms with Crippen LogP contribution in [0.5, 0.6) is 0 Å². The first-order chi connectivity index (χ1) is 7.57. The Balaban J connectivity index is 2.28. The van der Waals surface area contributed by atoms with Gasteiger partial charge in [-0.15, -0.1) is 0 Å². The number of hydrogen-bond acceptors (Lipinski definition) is 3. The first-order valence-electron chi connectivity index (χ1n) is 5.35. The van der Waals surface area contributed by atoms with Crippen LogP contribution < -0.4 is 5.32 Å². The van der Waals surface area contributed by atoms with Gasteiger partial charge < -0.3 is 5.32 Å². The maximum Gasteiger partial charge on any atom is 0.261 e. The number of benzene rings is 1. The fraction of sp³-hybridized carbons (Fsp3) is 0.455. The molecule has 0 spiro atoms. The highest BCUT2D eigenvalue weighted by molar-refractivity contribution is 8.13. The Hall–Kier alpha value is -0.580. The topological polar surface area (TPSA) is 46.2 Å². The van der Waals surface area contributed by atoms with Crippen LogP contribution >= 0.6 is 10.7 Å². The highest BCUT2D eigenvalue weighted by Crippen LogP contribution is 2.25. The van der Waals surface area contributed by atoms with E-state index in [1.807, 2.05) is 6.07 Å². The molecule has 1 heterocycles. The monoisotopic (exact) mass is 259 g/mol. The quantitative estimate of drug-likeness (QED) is 0.830. The third kappa shape index (κ3) is 2.75. The van der Waals surface area contributed by atoms with Crippen molar-refractivity contribution in [3.05, 3.63) is 29.8 Å². The van der Waals surface area contributed by atoms with E-state index in [1.54, 1.807) is 12.1 Å². The summed E-state index contributed by atoms with van der Waals surface area (Å²) in [4.78, 5) is 0.180. The summed E-state index contributed by atoms with van der Waals surface area (Å²) in [5.74, 6) is 0. The number of rotatable bonds is 2. The van der Waals surface area contributed by atoms with Gasteiger partial charge in [-0.05, 0) is 37.1 Å². The van der Waals surface area contributed by atoms with Gasteiger partial charge in [-0.2, -0.15) is 0 Å². The summed E-state index contributed by atoms with van der Waals surface area (Å²) in [5.41, 5.74) is 1.00. The fourth-order valence-electron chi connectivity index (χ4n) is 2.02. The molecule has 0 amide bonds. The molecule has 1 atom stereocenters. The fourth-order valence-corrected chi connectivity index (χ4v) is 2.83. The normalized spacial score (nSPS) is 21.9. The van der Waals surface area contributed by atoms with Gasteiger partial charge >= 0.3 is 0 Å². The number of halogens is 1. The molecule has 88 valence electrons. The number of hydrogen-bond donors (Lipinski definition) is 1. The van der Waals surface area contributed by atoms with Crippen LogP contribution in [-0.2, 0) is 9.05 Å². The zero-order valence-corrected chi connectivity index (χ0v) is 10.4. The maximum atomic E-state index is 11.2. The first kappa shape index (κ1) is 11.9. The summed E-state index contributed by atoms with van der Waals surface area (Å²) >= 11 is 0. The second-order valence-electron chi connectivity index (χ2n) is 4.01. The van der Waals surface area contributed by atoms with E-state index >= 15 is 0 Å². The lowest BCUT2D eigenvalue weighted by atomic mass is 9.98. The smallest absolute Gasteiger partial charge is 0.261 e. The summed E-state index contributed by atoms with van der Waals surface area (Å²) in [7, 11) is 1.70. The van der Waals surface area contributed by atoms with Crippen molar-refractivity contribution in [1.82, 2.24) is 5.32 Å². The zero-order chi connectivity index (χ0) is 11.6. The Morgan fingerprint density at radius 1 is 1.31 bits per heavy atom. The van der Waals surface area contributed by atoms with Gasteiger partial charge in [0.15, 0.2) is 0 Å². The van der Waals surface area contributed by atoms with Gasteiger partial charge in [-0.25, -0.2) is 8.42 Å². The molecule has 1 fully saturated rings. The third-order valence-corrected chi connectivity index (χ3v) is 4.20. The lowest BCUT2D eigenvalue weighted by molar-refractivity contribution is 0.412. The maximum absolute atomic E-state index is 11.2. The van der Waals surface area contributed by atoms with Gasteiger partial charge in [0.1, 0.15) is 0 Å². The van der Waals surface area contributed by atoms with Crippen LogP contribution in [0.15, 0.2) is 29.2 Å². The minimum Gasteiger partial charge on any atom is -0.310 e. The SMILES string of the molecule is O=S(=O)(Cl)c1cccc(C2CCCCN2)c1. The van der Waals surface area contributed by atoms with Crippen LogP contribution in [0.1, 0.15) is 30.9 Å². The Morgan fingerprint density at radius 2 is 2.12 bits per heavy atom. The molecule has 0 saturated carbocycles. The van der Waals surface area contributed by atoms with Crippen molar-refractivity contribution in [2.45, 2.75) is 30.2 Å². The van der Waals surface area contributed by atoms with Crippen LogP contribution in [0.3, 0.4) is 0 Å². The molecule has 0 bridgehead atoms. The summed E-state index contributed by atoms with van der Waals surface area (Å²) < 4.78 is 22.4. The van der Waals surface area contributed by atoms with Gasteiger partial charge in [-0.3, -0.25) is 0 Å². The average molecular weight is 260 g/mol. The molecule has 2 rings (SSSR count). The Kier molecular flexibility index (Phi) is 3.52. The molecule has 0 radical (unpaired) electrons. The summed E-state index contributed by atoms with van der Waals surface area (Å²) in [6.07, 6.45) is 3.41. The standard InChI is InChI=1S/C11H14ClNO2S/c12-16(14,15)10-5-3-4-9(8-10)11-6-1-2-7-13-11/h3-5,8,11,13H,1-2,6-7H2. The van der Waals surface area contributed by atoms with Gasteiger partial charge in [0.2, 0.25) is 0 Å². The highest BCUT2D eigenvalue weighted by Gasteiger charge is 2.17. The number of piperidine rings is 1. The van der Waals surface area contributed by atoms with Crippen molar-refractivity contribution >= 4 is 19.7 Å². The Morgan fingerprint density at radius 3 is 2.75 bits per heavy atom. The van der Waals surface area contributed by atoms with Gasteiger partial charge in [0, 0.05) is 16.7 Å². The molecule has 1 N–H and O–H groups in total. The van der Waals surface area contributed by atoms with Crippen molar-refractivity contribution in [2.75, 3.05) is 6.54 Å². The molecule has 1 aliphatic rings. The molecule has 1 saturated heterocycles. The third-order valence-electron chi connectivity index (χ3n) is 2.85. The van der Waals surface area contributed by atoms with E-state index in [2.05, 4.69) is 5.32 Å². The van der Waals surface area contributed by atoms with E-state index in [0.29, 0.717) is 0 Å². The Labute approximate surface area is 100 Å². The van der Waals surface area contributed by atoms with Crippen LogP contribution in [0, 0.1) is 0 Å². The molecule has 16 heavy (non-hydrogen) atoms. The lowest BCUT2D eigenvalue weighted by Gasteiger charge is -2.24. The molecule has 0 aromatic heterocycles. The van der Waals surface area contributed by atoms with E-state index < -0.39 is 9.05 Å². The van der Waals surface area contributed by atoms with Gasteiger partial charge in [-0.1, -0.05) is 18.6 Å². The minimum atomic E-state index is -3.62. The molecular weight excluding hydrogens is 246 g/mol. The average Bonchev–Trinajstić information content (AvgIpc) is 2.29. The van der Waals surface area contributed by atoms with Gasteiger partial charge in [0.25, 0.3) is 9.05 Å². The molecule has 5 heteroatoms. The largest absolute Gasteiger partial charge is 0.310 e. The van der Waals surface area contributed by atoms with E-state index in [1.165, 1.54) is 18.9 Å². The zero-order valence-electron chi connectivity index (χ0n) is 8.82. The van der Waals surface area contributed by atoms with E-state index in [9.17, 15) is 8.42 Å². The first-order valence-corrected chi connectivity index (χ1v) is 7.66. The van der Waals surface area contributed by atoms with Crippen LogP contribution in [0.2, 0.25) is 0 Å². The summed E-state index contributed by atoms with van der Waals surface area (Å²) in [6.45, 7) is 0.989. The Bertz CT molecular complexity index is 467. The second kappa shape index (κ2) is 4.73. The van der Waals surface area contributed by atoms with Crippen molar-refractivity contribution in [1.29, 1.82) is 0 Å².